The van der Waals surface area contributed by atoms with Crippen LogP contribution in [0, 0.1) is 0 Å². The maximum absolute atomic E-state index is 12.7. The molecule has 0 bridgehead atoms. The van der Waals surface area contributed by atoms with Gasteiger partial charge in [0.05, 0.1) is 12.7 Å². The molecule has 1 fully saturated rings. The zero-order chi connectivity index (χ0) is 25.6. The first kappa shape index (κ1) is 26.6. The van der Waals surface area contributed by atoms with Crippen molar-refractivity contribution in [3.63, 3.8) is 0 Å². The third kappa shape index (κ3) is 7.22. The Kier molecular flexibility index (Phi) is 8.79. The van der Waals surface area contributed by atoms with Crippen LogP contribution in [-0.4, -0.2) is 54.2 Å². The highest BCUT2D eigenvalue weighted by Crippen LogP contribution is 2.35. The summed E-state index contributed by atoms with van der Waals surface area (Å²) in [4.78, 5) is 30.4. The number of amides is 1. The molecule has 0 saturated carbocycles. The summed E-state index contributed by atoms with van der Waals surface area (Å²) in [5.41, 5.74) is -0.986. The number of rotatable bonds is 8. The summed E-state index contributed by atoms with van der Waals surface area (Å²) in [6.07, 6.45) is -2.83. The van der Waals surface area contributed by atoms with Crippen molar-refractivity contribution >= 4 is 23.5 Å². The molecule has 12 heteroatoms. The number of likely N-dealkylation sites (tertiary alicyclic amines) is 1. The molecule has 0 spiro atoms. The van der Waals surface area contributed by atoms with Crippen LogP contribution >= 0.6 is 11.6 Å². The van der Waals surface area contributed by atoms with Gasteiger partial charge in [-0.2, -0.15) is 13.2 Å². The Balaban J connectivity index is 1.59. The van der Waals surface area contributed by atoms with Gasteiger partial charge in [-0.3, -0.25) is 9.69 Å². The number of carbonyl (C=O) groups excluding carboxylic acids is 2. The summed E-state index contributed by atoms with van der Waals surface area (Å²) in [5, 5.41) is 2.39. The van der Waals surface area contributed by atoms with E-state index in [0.717, 1.165) is 25.3 Å². The molecule has 2 atom stereocenters. The second-order valence-electron chi connectivity index (χ2n) is 7.87. The number of nitrogens with zero attached hydrogens (tertiary/aromatic N) is 2. The van der Waals surface area contributed by atoms with E-state index < -0.39 is 35.9 Å². The normalized spacial score (nSPS) is 16.2. The average molecular weight is 516 g/mol. The Morgan fingerprint density at radius 2 is 1.74 bits per heavy atom. The van der Waals surface area contributed by atoms with Gasteiger partial charge in [-0.25, -0.2) is 9.78 Å². The van der Waals surface area contributed by atoms with Gasteiger partial charge in [-0.05, 0) is 50.1 Å². The molecule has 190 valence electrons. The summed E-state index contributed by atoms with van der Waals surface area (Å²) in [6, 6.07) is 6.73. The van der Waals surface area contributed by atoms with Gasteiger partial charge in [0.15, 0.2) is 12.3 Å². The molecule has 1 N–H and O–H groups in total. The maximum atomic E-state index is 12.7. The van der Waals surface area contributed by atoms with E-state index in [4.69, 9.17) is 25.8 Å². The van der Waals surface area contributed by atoms with Crippen LogP contribution in [0.3, 0.4) is 0 Å². The third-order valence-electron chi connectivity index (χ3n) is 5.31. The molecule has 1 aliphatic rings. The number of hydrogen-bond donors (Lipinski definition) is 1. The SMILES string of the molecule is COC(=O)C(NC(=O)C(C)Oc1ccc(Oc2ncc(C(F)(F)F)cc2Cl)cc1)N1CCCCC1. The number of aromatic nitrogens is 1. The Hall–Kier alpha value is -3.05. The summed E-state index contributed by atoms with van der Waals surface area (Å²) < 4.78 is 54.2. The summed E-state index contributed by atoms with van der Waals surface area (Å²) >= 11 is 5.86. The molecule has 8 nitrogen and oxygen atoms in total. The number of hydrogen-bond acceptors (Lipinski definition) is 7. The zero-order valence-corrected chi connectivity index (χ0v) is 19.9. The van der Waals surface area contributed by atoms with Crippen LogP contribution in [0.1, 0.15) is 31.7 Å². The van der Waals surface area contributed by atoms with Gasteiger partial charge in [-0.15, -0.1) is 0 Å². The number of pyridine rings is 1. The van der Waals surface area contributed by atoms with Gasteiger partial charge in [0, 0.05) is 19.3 Å². The largest absolute Gasteiger partial charge is 0.481 e. The lowest BCUT2D eigenvalue weighted by molar-refractivity contribution is -0.152. The highest BCUT2D eigenvalue weighted by molar-refractivity contribution is 6.31. The molecule has 2 unspecified atom stereocenters. The predicted octanol–water partition coefficient (Wildman–Crippen LogP) is 4.41. The number of esters is 1. The second-order valence-corrected chi connectivity index (χ2v) is 8.28. The highest BCUT2D eigenvalue weighted by Gasteiger charge is 2.32. The highest BCUT2D eigenvalue weighted by atomic mass is 35.5. The second kappa shape index (κ2) is 11.6. The predicted molar refractivity (Wildman–Crippen MR) is 120 cm³/mol. The van der Waals surface area contributed by atoms with Crippen LogP contribution < -0.4 is 14.8 Å². The minimum atomic E-state index is -4.57. The van der Waals surface area contributed by atoms with Gasteiger partial charge >= 0.3 is 12.1 Å². The number of nitrogens with one attached hydrogen (secondary N) is 1. The lowest BCUT2D eigenvalue weighted by atomic mass is 10.1. The minimum absolute atomic E-state index is 0.187. The lowest BCUT2D eigenvalue weighted by Gasteiger charge is -2.33. The van der Waals surface area contributed by atoms with Gasteiger partial charge in [0.2, 0.25) is 5.88 Å². The number of benzene rings is 1. The fraction of sp³-hybridized carbons (Fsp3) is 0.435. The summed E-state index contributed by atoms with van der Waals surface area (Å²) in [6.45, 7) is 2.89. The number of piperidine rings is 1. The van der Waals surface area contributed by atoms with E-state index in [9.17, 15) is 22.8 Å². The van der Waals surface area contributed by atoms with E-state index in [1.165, 1.54) is 38.3 Å². The van der Waals surface area contributed by atoms with E-state index in [2.05, 4.69) is 10.3 Å². The van der Waals surface area contributed by atoms with Crippen molar-refractivity contribution in [1.29, 1.82) is 0 Å². The lowest BCUT2D eigenvalue weighted by Crippen LogP contribution is -2.57. The molecule has 0 radical (unpaired) electrons. The molecule has 35 heavy (non-hydrogen) atoms. The van der Waals surface area contributed by atoms with E-state index in [1.54, 1.807) is 0 Å². The van der Waals surface area contributed by atoms with Crippen LogP contribution in [0.15, 0.2) is 36.5 Å². The van der Waals surface area contributed by atoms with Crippen molar-refractivity contribution in [3.8, 4) is 17.4 Å². The molecule has 1 saturated heterocycles. The Bertz CT molecular complexity index is 1030. The van der Waals surface area contributed by atoms with E-state index in [-0.39, 0.29) is 16.7 Å². The van der Waals surface area contributed by atoms with Gasteiger partial charge in [0.1, 0.15) is 16.5 Å². The van der Waals surface area contributed by atoms with Crippen molar-refractivity contribution in [3.05, 3.63) is 47.1 Å². The molecule has 2 aromatic rings. The summed E-state index contributed by atoms with van der Waals surface area (Å²) in [5.74, 6) is -0.650. The van der Waals surface area contributed by atoms with Crippen LogP contribution in [-0.2, 0) is 20.5 Å². The molecule has 2 heterocycles. The summed E-state index contributed by atoms with van der Waals surface area (Å²) in [7, 11) is 1.27. The van der Waals surface area contributed by atoms with Crippen LogP contribution in [0.5, 0.6) is 17.4 Å². The van der Waals surface area contributed by atoms with Crippen molar-refractivity contribution in [2.75, 3.05) is 20.2 Å². The third-order valence-corrected chi connectivity index (χ3v) is 5.59. The number of ether oxygens (including phenoxy) is 3. The van der Waals surface area contributed by atoms with Crippen molar-refractivity contribution in [1.82, 2.24) is 15.2 Å². The Morgan fingerprint density at radius 1 is 1.11 bits per heavy atom. The fourth-order valence-corrected chi connectivity index (χ4v) is 3.66. The quantitative estimate of drug-likeness (QED) is 0.521. The number of halogens is 4. The van der Waals surface area contributed by atoms with Gasteiger partial charge < -0.3 is 19.5 Å². The Labute approximate surface area is 205 Å². The van der Waals surface area contributed by atoms with Crippen LogP contribution in [0.2, 0.25) is 5.02 Å². The molecule has 1 aromatic heterocycles. The smallest absolute Gasteiger partial charge is 0.417 e. The first-order valence-corrected chi connectivity index (χ1v) is 11.3. The van der Waals surface area contributed by atoms with Gasteiger partial charge in [-0.1, -0.05) is 18.0 Å². The molecule has 1 aliphatic heterocycles. The van der Waals surface area contributed by atoms with E-state index in [1.807, 2.05) is 4.90 Å². The average Bonchev–Trinajstić information content (AvgIpc) is 2.84. The first-order chi connectivity index (χ1) is 16.6. The molecule has 0 aliphatic carbocycles. The number of methoxy groups -OCH3 is 1. The maximum Gasteiger partial charge on any atom is 0.417 e. The van der Waals surface area contributed by atoms with E-state index >= 15 is 0 Å². The zero-order valence-electron chi connectivity index (χ0n) is 19.1. The fourth-order valence-electron chi connectivity index (χ4n) is 3.45. The van der Waals surface area contributed by atoms with E-state index in [0.29, 0.717) is 25.0 Å². The topological polar surface area (TPSA) is 90.0 Å². The molecule has 3 rings (SSSR count). The van der Waals surface area contributed by atoms with Crippen molar-refractivity contribution in [2.24, 2.45) is 0 Å². The Morgan fingerprint density at radius 3 is 2.31 bits per heavy atom. The molecule has 1 amide bonds. The standard InChI is InChI=1S/C23H25ClF3N3O5/c1-14(20(31)29-19(22(32)33-2)30-10-4-3-5-11-30)34-16-6-8-17(9-7-16)35-21-18(24)12-15(13-28-21)23(25,26)27/h6-9,12-14,19H,3-5,10-11H2,1-2H3,(H,29,31). The number of alkyl halides is 3. The molecule has 1 aromatic carbocycles. The minimum Gasteiger partial charge on any atom is -0.481 e. The number of carbonyl (C=O) groups is 2. The van der Waals surface area contributed by atoms with Crippen LogP contribution in [0.4, 0.5) is 13.2 Å². The van der Waals surface area contributed by atoms with Crippen molar-refractivity contribution < 1.29 is 37.0 Å². The monoisotopic (exact) mass is 515 g/mol. The van der Waals surface area contributed by atoms with Gasteiger partial charge in [0.25, 0.3) is 5.91 Å². The van der Waals surface area contributed by atoms with Crippen LogP contribution in [0.25, 0.3) is 0 Å². The molecular weight excluding hydrogens is 491 g/mol. The van der Waals surface area contributed by atoms with Crippen molar-refractivity contribution in [2.45, 2.75) is 44.6 Å². The first-order valence-electron chi connectivity index (χ1n) is 10.9. The molecular formula is C23H25ClF3N3O5.